The molecule has 2 aromatic rings. The van der Waals surface area contributed by atoms with Gasteiger partial charge in [0.25, 0.3) is 0 Å². The second-order valence-electron chi connectivity index (χ2n) is 7.58. The lowest BCUT2D eigenvalue weighted by Crippen LogP contribution is -2.44. The minimum atomic E-state index is -0.878. The van der Waals surface area contributed by atoms with Gasteiger partial charge in [0.15, 0.2) is 5.78 Å². The van der Waals surface area contributed by atoms with Crippen LogP contribution in [-0.2, 0) is 9.59 Å². The van der Waals surface area contributed by atoms with E-state index in [4.69, 9.17) is 0 Å². The van der Waals surface area contributed by atoms with Crippen LogP contribution < -0.4 is 10.6 Å². The Bertz CT molecular complexity index is 827. The number of carbonyl (C=O) groups excluding carboxylic acids is 2. The molecule has 1 saturated heterocycles. The summed E-state index contributed by atoms with van der Waals surface area (Å²) < 4.78 is 0. The van der Waals surface area contributed by atoms with Gasteiger partial charge in [0.05, 0.1) is 6.04 Å². The van der Waals surface area contributed by atoms with Gasteiger partial charge in [-0.25, -0.2) is 0 Å². The Morgan fingerprint density at radius 2 is 1.93 bits per heavy atom. The van der Waals surface area contributed by atoms with Gasteiger partial charge >= 0.3 is 0 Å². The molecule has 1 aliphatic rings. The molecule has 3 N–H and O–H groups in total. The summed E-state index contributed by atoms with van der Waals surface area (Å²) in [6.45, 7) is 4.42. The average Bonchev–Trinajstić information content (AvgIpc) is 3.26. The lowest BCUT2D eigenvalue weighted by molar-refractivity contribution is -0.130. The number of benzene rings is 2. The van der Waals surface area contributed by atoms with Gasteiger partial charge in [-0.05, 0) is 47.6 Å². The summed E-state index contributed by atoms with van der Waals surface area (Å²) in [6, 6.07) is 14.6. The van der Waals surface area contributed by atoms with Crippen LogP contribution in [0.5, 0.6) is 0 Å². The lowest BCUT2D eigenvalue weighted by Gasteiger charge is -2.23. The Morgan fingerprint density at radius 3 is 2.54 bits per heavy atom. The zero-order valence-corrected chi connectivity index (χ0v) is 16.4. The van der Waals surface area contributed by atoms with Crippen molar-refractivity contribution in [2.45, 2.75) is 44.7 Å². The molecule has 148 valence electrons. The van der Waals surface area contributed by atoms with E-state index < -0.39 is 18.4 Å². The zero-order valence-electron chi connectivity index (χ0n) is 16.4. The van der Waals surface area contributed by atoms with Crippen LogP contribution in [0.2, 0.25) is 0 Å². The van der Waals surface area contributed by atoms with Crippen LogP contribution in [0.15, 0.2) is 48.5 Å². The van der Waals surface area contributed by atoms with Crippen LogP contribution in [0.4, 0.5) is 0 Å². The van der Waals surface area contributed by atoms with E-state index in [1.54, 1.807) is 0 Å². The van der Waals surface area contributed by atoms with E-state index in [2.05, 4.69) is 30.5 Å². The van der Waals surface area contributed by atoms with Gasteiger partial charge in [0.2, 0.25) is 5.91 Å². The van der Waals surface area contributed by atoms with Crippen molar-refractivity contribution >= 4 is 11.7 Å². The molecule has 5 nitrogen and oxygen atoms in total. The van der Waals surface area contributed by atoms with Crippen molar-refractivity contribution in [1.29, 1.82) is 0 Å². The first-order valence-corrected chi connectivity index (χ1v) is 9.88. The number of amides is 1. The standard InChI is InChI=1S/C23H28N2O3/c1-15(2)17-10-11-18(19(13-17)16-7-4-3-5-8-16)22(21(27)14-26)25-23(28)20-9-6-12-24-20/h3-5,7-8,10-11,13,15,20,22,24,26H,6,9,12,14H2,1-2H3,(H,25,28)/t20-,22-/m0/s1. The first-order valence-electron chi connectivity index (χ1n) is 9.88. The van der Waals surface area contributed by atoms with E-state index in [0.29, 0.717) is 11.5 Å². The predicted molar refractivity (Wildman–Crippen MR) is 110 cm³/mol. The first kappa shape index (κ1) is 20.2. The molecule has 1 fully saturated rings. The monoisotopic (exact) mass is 380 g/mol. The smallest absolute Gasteiger partial charge is 0.237 e. The Morgan fingerprint density at radius 1 is 1.18 bits per heavy atom. The number of hydrogen-bond donors (Lipinski definition) is 3. The molecule has 3 rings (SSSR count). The average molecular weight is 380 g/mol. The molecular formula is C23H28N2O3. The topological polar surface area (TPSA) is 78.4 Å². The number of hydrogen-bond acceptors (Lipinski definition) is 4. The lowest BCUT2D eigenvalue weighted by atomic mass is 9.89. The normalized spacial score (nSPS) is 17.5. The minimum Gasteiger partial charge on any atom is -0.388 e. The van der Waals surface area contributed by atoms with Crippen LogP contribution in [0.1, 0.15) is 49.8 Å². The molecule has 2 aromatic carbocycles. The fourth-order valence-corrected chi connectivity index (χ4v) is 3.63. The molecule has 28 heavy (non-hydrogen) atoms. The summed E-state index contributed by atoms with van der Waals surface area (Å²) in [5.74, 6) is -0.280. The molecular weight excluding hydrogens is 352 g/mol. The summed E-state index contributed by atoms with van der Waals surface area (Å²) in [5, 5.41) is 15.6. The predicted octanol–water partition coefficient (Wildman–Crippen LogP) is 2.95. The van der Waals surface area contributed by atoms with Crippen LogP contribution in [0.3, 0.4) is 0 Å². The van der Waals surface area contributed by atoms with E-state index in [9.17, 15) is 14.7 Å². The molecule has 0 bridgehead atoms. The van der Waals surface area contributed by atoms with Gasteiger partial charge in [-0.3, -0.25) is 9.59 Å². The number of ketones is 1. The highest BCUT2D eigenvalue weighted by Gasteiger charge is 2.29. The zero-order chi connectivity index (χ0) is 20.1. The van der Waals surface area contributed by atoms with E-state index in [1.165, 1.54) is 0 Å². The summed E-state index contributed by atoms with van der Waals surface area (Å²) in [5.41, 5.74) is 3.74. The molecule has 1 amide bonds. The molecule has 0 unspecified atom stereocenters. The Labute approximate surface area is 166 Å². The van der Waals surface area contributed by atoms with Crippen LogP contribution in [-0.4, -0.2) is 36.0 Å². The summed E-state index contributed by atoms with van der Waals surface area (Å²) in [6.07, 6.45) is 1.69. The van der Waals surface area contributed by atoms with E-state index in [1.807, 2.05) is 42.5 Å². The fraction of sp³-hybridized carbons (Fsp3) is 0.391. The highest BCUT2D eigenvalue weighted by Crippen LogP contribution is 2.32. The van der Waals surface area contributed by atoms with Gasteiger partial charge in [0.1, 0.15) is 12.6 Å². The van der Waals surface area contributed by atoms with Crippen molar-refractivity contribution in [1.82, 2.24) is 10.6 Å². The van der Waals surface area contributed by atoms with Crippen molar-refractivity contribution in [3.05, 3.63) is 59.7 Å². The fourth-order valence-electron chi connectivity index (χ4n) is 3.63. The largest absolute Gasteiger partial charge is 0.388 e. The van der Waals surface area contributed by atoms with Crippen molar-refractivity contribution in [2.24, 2.45) is 0 Å². The number of Topliss-reactive ketones (excluding diaryl/α,β-unsaturated/α-hetero) is 1. The summed E-state index contributed by atoms with van der Waals surface area (Å²) >= 11 is 0. The molecule has 0 radical (unpaired) electrons. The molecule has 2 atom stereocenters. The third-order valence-corrected chi connectivity index (χ3v) is 5.28. The van der Waals surface area contributed by atoms with E-state index in [-0.39, 0.29) is 11.9 Å². The van der Waals surface area contributed by atoms with Crippen LogP contribution in [0, 0.1) is 0 Å². The van der Waals surface area contributed by atoms with Crippen molar-refractivity contribution < 1.29 is 14.7 Å². The van der Waals surface area contributed by atoms with Crippen molar-refractivity contribution in [2.75, 3.05) is 13.2 Å². The van der Waals surface area contributed by atoms with Crippen molar-refractivity contribution in [3.63, 3.8) is 0 Å². The molecule has 0 aromatic heterocycles. The second kappa shape index (κ2) is 9.13. The number of aliphatic hydroxyl groups excluding tert-OH is 1. The number of carbonyl (C=O) groups is 2. The Balaban J connectivity index is 2.03. The maximum atomic E-state index is 12.7. The SMILES string of the molecule is CC(C)c1ccc([C@H](NC(=O)[C@@H]2CCCN2)C(=O)CO)c(-c2ccccc2)c1. The number of nitrogens with one attached hydrogen (secondary N) is 2. The minimum absolute atomic E-state index is 0.198. The molecule has 5 heteroatoms. The highest BCUT2D eigenvalue weighted by molar-refractivity contribution is 5.94. The molecule has 1 heterocycles. The first-order chi connectivity index (χ1) is 13.5. The Kier molecular flexibility index (Phi) is 6.60. The number of rotatable bonds is 7. The van der Waals surface area contributed by atoms with Gasteiger partial charge in [-0.2, -0.15) is 0 Å². The van der Waals surface area contributed by atoms with Gasteiger partial charge in [-0.15, -0.1) is 0 Å². The maximum Gasteiger partial charge on any atom is 0.237 e. The molecule has 0 spiro atoms. The van der Waals surface area contributed by atoms with Gasteiger partial charge < -0.3 is 15.7 Å². The quantitative estimate of drug-likeness (QED) is 0.690. The molecule has 1 aliphatic heterocycles. The van der Waals surface area contributed by atoms with Gasteiger partial charge in [-0.1, -0.05) is 62.4 Å². The summed E-state index contributed by atoms with van der Waals surface area (Å²) in [4.78, 5) is 25.2. The van der Waals surface area contributed by atoms with Crippen LogP contribution >= 0.6 is 0 Å². The highest BCUT2D eigenvalue weighted by atomic mass is 16.3. The molecule has 0 saturated carbocycles. The second-order valence-corrected chi connectivity index (χ2v) is 7.58. The van der Waals surface area contributed by atoms with Crippen molar-refractivity contribution in [3.8, 4) is 11.1 Å². The third kappa shape index (κ3) is 4.49. The van der Waals surface area contributed by atoms with Gasteiger partial charge in [0, 0.05) is 0 Å². The van der Waals surface area contributed by atoms with Crippen LogP contribution in [0.25, 0.3) is 11.1 Å². The van der Waals surface area contributed by atoms with E-state index >= 15 is 0 Å². The maximum absolute atomic E-state index is 12.7. The summed E-state index contributed by atoms with van der Waals surface area (Å²) in [7, 11) is 0. The number of aliphatic hydroxyl groups is 1. The molecule has 0 aliphatic carbocycles. The Hall–Kier alpha value is -2.50. The third-order valence-electron chi connectivity index (χ3n) is 5.28. The van der Waals surface area contributed by atoms with E-state index in [0.717, 1.165) is 36.1 Å².